The number of carbonyl (C=O) groups is 1. The second-order valence-corrected chi connectivity index (χ2v) is 10.1. The zero-order valence-corrected chi connectivity index (χ0v) is 19.8. The summed E-state index contributed by atoms with van der Waals surface area (Å²) in [7, 11) is -5.05. The van der Waals surface area contributed by atoms with Gasteiger partial charge in [-0.05, 0) is 30.6 Å². The minimum absolute atomic E-state index is 0.0192. The van der Waals surface area contributed by atoms with Gasteiger partial charge in [-0.25, -0.2) is 13.8 Å². The molecule has 2 aromatic carbocycles. The van der Waals surface area contributed by atoms with Gasteiger partial charge in [0, 0.05) is 30.7 Å². The van der Waals surface area contributed by atoms with Gasteiger partial charge >= 0.3 is 16.5 Å². The molecule has 0 bridgehead atoms. The summed E-state index contributed by atoms with van der Waals surface area (Å²) in [6, 6.07) is 8.40. The SMILES string of the molecule is O=CON(c1ncns1)S(=O)(=O)c1c(F)cc(NCc2ccccc2CN2CCC2)c(Cl)c1F. The molecule has 0 amide bonds. The summed E-state index contributed by atoms with van der Waals surface area (Å²) in [6.07, 6.45) is 2.14. The van der Waals surface area contributed by atoms with Gasteiger partial charge in [-0.3, -0.25) is 9.69 Å². The molecule has 0 radical (unpaired) electrons. The highest BCUT2D eigenvalue weighted by Crippen LogP contribution is 2.35. The number of hydrogen-bond donors (Lipinski definition) is 1. The Labute approximate surface area is 203 Å². The lowest BCUT2D eigenvalue weighted by Gasteiger charge is -2.31. The van der Waals surface area contributed by atoms with Crippen molar-refractivity contribution in [3.8, 4) is 0 Å². The molecule has 1 aliphatic heterocycles. The Morgan fingerprint density at radius 2 is 2.00 bits per heavy atom. The smallest absolute Gasteiger partial charge is 0.322 e. The molecule has 3 aromatic rings. The second-order valence-electron chi connectivity index (χ2n) is 7.27. The number of nitrogens with zero attached hydrogens (tertiary/aromatic N) is 4. The zero-order valence-electron chi connectivity index (χ0n) is 17.4. The van der Waals surface area contributed by atoms with Crippen LogP contribution in [0, 0.1) is 11.6 Å². The van der Waals surface area contributed by atoms with Crippen LogP contribution in [0.1, 0.15) is 17.5 Å². The molecule has 0 aliphatic carbocycles. The van der Waals surface area contributed by atoms with E-state index in [0.717, 1.165) is 49.6 Å². The standard InChI is InChI=1S/C20H18ClF2N5O4S2/c21-17-16(24-9-13-4-1-2-5-14(13)10-27-6-3-7-27)8-15(22)19(18(17)23)34(30,31)28(32-12-29)20-25-11-26-33-20/h1-2,4-5,8,11-12,24H,3,6-7,9-10H2. The molecule has 1 fully saturated rings. The predicted molar refractivity (Wildman–Crippen MR) is 122 cm³/mol. The lowest BCUT2D eigenvalue weighted by molar-refractivity contribution is -0.128. The van der Waals surface area contributed by atoms with E-state index in [1.54, 1.807) is 0 Å². The third-order valence-electron chi connectivity index (χ3n) is 5.17. The van der Waals surface area contributed by atoms with Crippen LogP contribution in [0.15, 0.2) is 41.6 Å². The Hall–Kier alpha value is -2.87. The van der Waals surface area contributed by atoms with E-state index < -0.39 is 36.7 Å². The van der Waals surface area contributed by atoms with Gasteiger partial charge < -0.3 is 10.2 Å². The summed E-state index contributed by atoms with van der Waals surface area (Å²) in [6.45, 7) is 2.77. The molecule has 180 valence electrons. The molecule has 34 heavy (non-hydrogen) atoms. The number of anilines is 2. The maximum atomic E-state index is 15.1. The Morgan fingerprint density at radius 1 is 1.26 bits per heavy atom. The fraction of sp³-hybridized carbons (Fsp3) is 0.250. The fourth-order valence-corrected chi connectivity index (χ4v) is 5.63. The first-order chi connectivity index (χ1) is 16.3. The normalized spacial score (nSPS) is 13.9. The highest BCUT2D eigenvalue weighted by molar-refractivity contribution is 7.92. The summed E-state index contributed by atoms with van der Waals surface area (Å²) >= 11 is 6.61. The molecule has 0 saturated carbocycles. The largest absolute Gasteiger partial charge is 0.380 e. The fourth-order valence-electron chi connectivity index (χ4n) is 3.37. The highest BCUT2D eigenvalue weighted by Gasteiger charge is 2.37. The van der Waals surface area contributed by atoms with Gasteiger partial charge in [-0.15, -0.1) is 0 Å². The molecule has 1 N–H and O–H groups in total. The Morgan fingerprint density at radius 3 is 2.62 bits per heavy atom. The van der Waals surface area contributed by atoms with E-state index in [1.807, 2.05) is 24.3 Å². The van der Waals surface area contributed by atoms with E-state index in [1.165, 1.54) is 0 Å². The van der Waals surface area contributed by atoms with Crippen LogP contribution in [0.2, 0.25) is 5.02 Å². The summed E-state index contributed by atoms with van der Waals surface area (Å²) in [5, 5.41) is 1.81. The van der Waals surface area contributed by atoms with E-state index in [9.17, 15) is 17.6 Å². The van der Waals surface area contributed by atoms with E-state index >= 15 is 4.39 Å². The van der Waals surface area contributed by atoms with Crippen LogP contribution in [-0.2, 0) is 32.7 Å². The Balaban J connectivity index is 1.61. The van der Waals surface area contributed by atoms with Crippen molar-refractivity contribution in [2.45, 2.75) is 24.4 Å². The van der Waals surface area contributed by atoms with Gasteiger partial charge in [0.1, 0.15) is 17.2 Å². The number of likely N-dealkylation sites (tertiary alicyclic amines) is 1. The quantitative estimate of drug-likeness (QED) is 0.241. The molecule has 14 heteroatoms. The zero-order chi connectivity index (χ0) is 24.3. The monoisotopic (exact) mass is 529 g/mol. The van der Waals surface area contributed by atoms with E-state index in [2.05, 4.69) is 24.4 Å². The first-order valence-corrected chi connectivity index (χ1v) is 12.5. The molecule has 1 aliphatic rings. The molecule has 1 saturated heterocycles. The summed E-state index contributed by atoms with van der Waals surface area (Å²) < 4.78 is 59.4. The van der Waals surface area contributed by atoms with Crippen LogP contribution in [0.3, 0.4) is 0 Å². The predicted octanol–water partition coefficient (Wildman–Crippen LogP) is 3.57. The highest BCUT2D eigenvalue weighted by atomic mass is 35.5. The molecule has 9 nitrogen and oxygen atoms in total. The second kappa shape index (κ2) is 10.2. The average Bonchev–Trinajstić information content (AvgIpc) is 3.30. The van der Waals surface area contributed by atoms with Crippen molar-refractivity contribution in [3.05, 3.63) is 64.4 Å². The number of hydrogen-bond acceptors (Lipinski definition) is 9. The maximum absolute atomic E-state index is 15.1. The van der Waals surface area contributed by atoms with Crippen molar-refractivity contribution in [2.24, 2.45) is 0 Å². The lowest BCUT2D eigenvalue weighted by Crippen LogP contribution is -2.36. The molecule has 0 spiro atoms. The molecular formula is C20H18ClF2N5O4S2. The topological polar surface area (TPSA) is 105 Å². The van der Waals surface area contributed by atoms with Crippen molar-refractivity contribution >= 4 is 50.4 Å². The molecular weight excluding hydrogens is 512 g/mol. The maximum Gasteiger partial charge on any atom is 0.322 e. The van der Waals surface area contributed by atoms with Crippen LogP contribution < -0.4 is 9.79 Å². The van der Waals surface area contributed by atoms with E-state index in [-0.39, 0.29) is 23.2 Å². The van der Waals surface area contributed by atoms with Gasteiger partial charge in [0.05, 0.1) is 5.69 Å². The lowest BCUT2D eigenvalue weighted by atomic mass is 10.1. The van der Waals surface area contributed by atoms with Gasteiger partial charge in [0.2, 0.25) is 0 Å². The number of sulfonamides is 1. The first kappa shape index (κ1) is 24.3. The van der Waals surface area contributed by atoms with Crippen molar-refractivity contribution in [2.75, 3.05) is 22.9 Å². The first-order valence-electron chi connectivity index (χ1n) is 9.96. The summed E-state index contributed by atoms with van der Waals surface area (Å²) in [5.41, 5.74) is 1.84. The molecule has 0 atom stereocenters. The van der Waals surface area contributed by atoms with Crippen molar-refractivity contribution in [1.29, 1.82) is 0 Å². The van der Waals surface area contributed by atoms with Crippen LogP contribution in [-0.4, -0.2) is 42.2 Å². The van der Waals surface area contributed by atoms with Gasteiger partial charge in [0.15, 0.2) is 10.7 Å². The van der Waals surface area contributed by atoms with Crippen molar-refractivity contribution in [3.63, 3.8) is 0 Å². The number of nitrogens with one attached hydrogen (secondary N) is 1. The van der Waals surface area contributed by atoms with Crippen LogP contribution in [0.5, 0.6) is 0 Å². The molecule has 4 rings (SSSR count). The number of carbonyl (C=O) groups excluding carboxylic acids is 1. The van der Waals surface area contributed by atoms with Crippen LogP contribution in [0.4, 0.5) is 19.6 Å². The van der Waals surface area contributed by atoms with Crippen LogP contribution in [0.25, 0.3) is 0 Å². The van der Waals surface area contributed by atoms with Crippen molar-refractivity contribution < 1.29 is 26.8 Å². The Bertz CT molecular complexity index is 1290. The van der Waals surface area contributed by atoms with E-state index in [0.29, 0.717) is 11.5 Å². The van der Waals surface area contributed by atoms with Crippen molar-refractivity contribution in [1.82, 2.24) is 14.3 Å². The number of rotatable bonds is 10. The molecule has 0 unspecified atom stereocenters. The van der Waals surface area contributed by atoms with E-state index in [4.69, 9.17) is 11.6 Å². The molecule has 1 aromatic heterocycles. The minimum Gasteiger partial charge on any atom is -0.380 e. The number of benzene rings is 2. The minimum atomic E-state index is -5.05. The Kier molecular flexibility index (Phi) is 7.26. The van der Waals surface area contributed by atoms with Gasteiger partial charge in [-0.2, -0.15) is 12.8 Å². The van der Waals surface area contributed by atoms with Crippen LogP contribution >= 0.6 is 23.1 Å². The number of aromatic nitrogens is 2. The summed E-state index contributed by atoms with van der Waals surface area (Å²) in [4.78, 5) is 19.7. The summed E-state index contributed by atoms with van der Waals surface area (Å²) in [5.74, 6) is -2.97. The average molecular weight is 530 g/mol. The molecule has 2 heterocycles. The van der Waals surface area contributed by atoms with Gasteiger partial charge in [0.25, 0.3) is 5.13 Å². The third-order valence-corrected chi connectivity index (χ3v) is 7.87. The third kappa shape index (κ3) is 4.82. The van der Waals surface area contributed by atoms with Gasteiger partial charge in [-0.1, -0.05) is 40.3 Å². The number of halogens is 3.